The first-order valence-corrected chi connectivity index (χ1v) is 20.9. The number of hydrogen-bond acceptors (Lipinski definition) is 0. The Bertz CT molecular complexity index is 3730. The van der Waals surface area contributed by atoms with Crippen LogP contribution in [0.5, 0.6) is 0 Å². The van der Waals surface area contributed by atoms with Crippen molar-refractivity contribution in [2.75, 3.05) is 0 Å². The number of fused-ring (bicyclic) bond motifs is 13. The van der Waals surface area contributed by atoms with Crippen LogP contribution >= 0.6 is 0 Å². The number of aromatic nitrogens is 3. The van der Waals surface area contributed by atoms with E-state index in [1.807, 2.05) is 0 Å². The van der Waals surface area contributed by atoms with Gasteiger partial charge in [-0.05, 0) is 112 Å². The second-order valence-electron chi connectivity index (χ2n) is 16.9. The molecule has 3 aromatic heterocycles. The van der Waals surface area contributed by atoms with Gasteiger partial charge in [-0.15, -0.1) is 0 Å². The smallest absolute Gasteiger partial charge is 0.0588 e. The van der Waals surface area contributed by atoms with Gasteiger partial charge in [0, 0.05) is 54.8 Å². The van der Waals surface area contributed by atoms with Crippen LogP contribution in [0.2, 0.25) is 0 Å². The summed E-state index contributed by atoms with van der Waals surface area (Å²) in [5.74, 6) is 0. The maximum atomic E-state index is 2.49. The summed E-state index contributed by atoms with van der Waals surface area (Å²) >= 11 is 0. The van der Waals surface area contributed by atoms with Gasteiger partial charge in [0.15, 0.2) is 0 Å². The molecule has 12 aromatic rings. The highest BCUT2D eigenvalue weighted by Crippen LogP contribution is 2.54. The molecule has 0 unspecified atom stereocenters. The van der Waals surface area contributed by atoms with Gasteiger partial charge in [-0.2, -0.15) is 0 Å². The van der Waals surface area contributed by atoms with Gasteiger partial charge in [0.05, 0.1) is 33.1 Å². The Kier molecular flexibility index (Phi) is 6.78. The molecule has 0 fully saturated rings. The van der Waals surface area contributed by atoms with E-state index in [-0.39, 0.29) is 5.41 Å². The fourth-order valence-corrected chi connectivity index (χ4v) is 10.8. The molecular formula is C57H39N3. The van der Waals surface area contributed by atoms with E-state index >= 15 is 0 Å². The summed E-state index contributed by atoms with van der Waals surface area (Å²) in [5.41, 5.74) is 18.5. The van der Waals surface area contributed by atoms with Crippen LogP contribution in [0.1, 0.15) is 25.0 Å². The number of rotatable bonds is 4. The largest absolute Gasteiger partial charge is 0.309 e. The molecule has 0 atom stereocenters. The standard InChI is InChI=1S/C57H39N3/c1-57(2)49-35-40(27-28-41(49)45-29-30-46-42-19-9-14-24-52(42)60(56(46)55(45)57)39-17-7-4-8-18-39)59-51-23-13-11-21-44(51)48-34-37(26-32-54(48)59)36-25-31-53-47(33-36)43-20-10-12-22-50(43)58(53)38-15-5-3-6-16-38/h3-35H,1-2H3. The van der Waals surface area contributed by atoms with Crippen LogP contribution in [-0.2, 0) is 5.41 Å². The van der Waals surface area contributed by atoms with Crippen LogP contribution in [0.3, 0.4) is 0 Å². The van der Waals surface area contributed by atoms with Crippen molar-refractivity contribution in [1.29, 1.82) is 0 Å². The molecule has 60 heavy (non-hydrogen) atoms. The molecule has 0 saturated carbocycles. The Morgan fingerprint density at radius 2 is 0.767 bits per heavy atom. The molecule has 0 saturated heterocycles. The van der Waals surface area contributed by atoms with Crippen molar-refractivity contribution >= 4 is 65.4 Å². The summed E-state index contributed by atoms with van der Waals surface area (Å²) in [6.07, 6.45) is 0. The number of para-hydroxylation sites is 5. The number of nitrogens with zero attached hydrogens (tertiary/aromatic N) is 3. The third kappa shape index (κ3) is 4.49. The lowest BCUT2D eigenvalue weighted by Gasteiger charge is -2.24. The second-order valence-corrected chi connectivity index (χ2v) is 16.9. The van der Waals surface area contributed by atoms with Crippen molar-refractivity contribution < 1.29 is 0 Å². The van der Waals surface area contributed by atoms with Crippen molar-refractivity contribution in [3.05, 3.63) is 211 Å². The van der Waals surface area contributed by atoms with Crippen molar-refractivity contribution in [3.8, 4) is 39.3 Å². The molecule has 282 valence electrons. The minimum atomic E-state index is -0.241. The Labute approximate surface area is 347 Å². The van der Waals surface area contributed by atoms with Crippen LogP contribution in [0.25, 0.3) is 105 Å². The van der Waals surface area contributed by atoms with Crippen molar-refractivity contribution in [1.82, 2.24) is 13.7 Å². The summed E-state index contributed by atoms with van der Waals surface area (Å²) in [6.45, 7) is 4.83. The van der Waals surface area contributed by atoms with Crippen LogP contribution in [0.4, 0.5) is 0 Å². The molecular weight excluding hydrogens is 727 g/mol. The van der Waals surface area contributed by atoms with E-state index in [9.17, 15) is 0 Å². The summed E-state index contributed by atoms with van der Waals surface area (Å²) in [5, 5.41) is 7.63. The zero-order chi connectivity index (χ0) is 39.7. The lowest BCUT2D eigenvalue weighted by molar-refractivity contribution is 0.663. The number of benzene rings is 9. The van der Waals surface area contributed by atoms with E-state index in [0.29, 0.717) is 0 Å². The van der Waals surface area contributed by atoms with Gasteiger partial charge in [0.1, 0.15) is 0 Å². The first-order valence-electron chi connectivity index (χ1n) is 20.9. The van der Waals surface area contributed by atoms with E-state index in [0.717, 1.165) is 0 Å². The van der Waals surface area contributed by atoms with Gasteiger partial charge in [0.2, 0.25) is 0 Å². The van der Waals surface area contributed by atoms with E-state index < -0.39 is 0 Å². The highest BCUT2D eigenvalue weighted by molar-refractivity contribution is 6.14. The Hall–Kier alpha value is -7.62. The first-order chi connectivity index (χ1) is 29.5. The Balaban J connectivity index is 0.973. The molecule has 0 amide bonds. The van der Waals surface area contributed by atoms with Crippen LogP contribution in [0.15, 0.2) is 200 Å². The second kappa shape index (κ2) is 12.2. The van der Waals surface area contributed by atoms with Gasteiger partial charge < -0.3 is 13.7 Å². The molecule has 0 radical (unpaired) electrons. The fourth-order valence-electron chi connectivity index (χ4n) is 10.8. The third-order valence-electron chi connectivity index (χ3n) is 13.4. The monoisotopic (exact) mass is 765 g/mol. The maximum absolute atomic E-state index is 2.49. The van der Waals surface area contributed by atoms with Crippen molar-refractivity contribution in [2.24, 2.45) is 0 Å². The van der Waals surface area contributed by atoms with Gasteiger partial charge in [-0.3, -0.25) is 0 Å². The van der Waals surface area contributed by atoms with E-state index in [1.165, 1.54) is 116 Å². The quantitative estimate of drug-likeness (QED) is 0.169. The molecule has 3 heteroatoms. The van der Waals surface area contributed by atoms with Gasteiger partial charge in [-0.25, -0.2) is 0 Å². The van der Waals surface area contributed by atoms with Crippen molar-refractivity contribution in [3.63, 3.8) is 0 Å². The molecule has 3 heterocycles. The summed E-state index contributed by atoms with van der Waals surface area (Å²) in [4.78, 5) is 0. The lowest BCUT2D eigenvalue weighted by Crippen LogP contribution is -2.17. The number of hydrogen-bond donors (Lipinski definition) is 0. The highest BCUT2D eigenvalue weighted by Gasteiger charge is 2.39. The molecule has 3 nitrogen and oxygen atoms in total. The van der Waals surface area contributed by atoms with Gasteiger partial charge in [-0.1, -0.05) is 135 Å². The summed E-state index contributed by atoms with van der Waals surface area (Å²) in [6, 6.07) is 73.9. The maximum Gasteiger partial charge on any atom is 0.0588 e. The van der Waals surface area contributed by atoms with E-state index in [4.69, 9.17) is 0 Å². The summed E-state index contributed by atoms with van der Waals surface area (Å²) < 4.78 is 7.34. The average Bonchev–Trinajstić information content (AvgIpc) is 4.00. The molecule has 9 aromatic carbocycles. The lowest BCUT2D eigenvalue weighted by atomic mass is 9.81. The third-order valence-corrected chi connectivity index (χ3v) is 13.4. The molecule has 1 aliphatic rings. The van der Waals surface area contributed by atoms with E-state index in [1.54, 1.807) is 0 Å². The molecule has 0 aliphatic heterocycles. The predicted octanol–water partition coefficient (Wildman–Crippen LogP) is 15.0. The molecule has 1 aliphatic carbocycles. The minimum Gasteiger partial charge on any atom is -0.309 e. The van der Waals surface area contributed by atoms with Crippen LogP contribution in [0, 0.1) is 0 Å². The molecule has 0 N–H and O–H groups in total. The predicted molar refractivity (Wildman–Crippen MR) is 252 cm³/mol. The SMILES string of the molecule is CC1(C)c2cc(-n3c4ccccc4c4cc(-c5ccc6c(c5)c5ccccc5n6-c5ccccc5)ccc43)ccc2-c2ccc3c4ccccc4n(-c4ccccc4)c3c21. The fraction of sp³-hybridized carbons (Fsp3) is 0.0526. The average molecular weight is 766 g/mol. The van der Waals surface area contributed by atoms with Crippen molar-refractivity contribution in [2.45, 2.75) is 19.3 Å². The first kappa shape index (κ1) is 33.4. The Morgan fingerprint density at radius 1 is 0.317 bits per heavy atom. The minimum absolute atomic E-state index is 0.241. The zero-order valence-corrected chi connectivity index (χ0v) is 33.4. The molecule has 0 bridgehead atoms. The normalized spacial score (nSPS) is 13.3. The highest BCUT2D eigenvalue weighted by atomic mass is 15.0. The Morgan fingerprint density at radius 3 is 1.35 bits per heavy atom. The zero-order valence-electron chi connectivity index (χ0n) is 33.4. The summed E-state index contributed by atoms with van der Waals surface area (Å²) in [7, 11) is 0. The van der Waals surface area contributed by atoms with Gasteiger partial charge in [0.25, 0.3) is 0 Å². The van der Waals surface area contributed by atoms with Crippen LogP contribution < -0.4 is 0 Å². The van der Waals surface area contributed by atoms with Crippen LogP contribution in [-0.4, -0.2) is 13.7 Å². The molecule has 13 rings (SSSR count). The topological polar surface area (TPSA) is 14.8 Å². The molecule has 0 spiro atoms. The van der Waals surface area contributed by atoms with E-state index in [2.05, 4.69) is 228 Å². The van der Waals surface area contributed by atoms with Gasteiger partial charge >= 0.3 is 0 Å².